The van der Waals surface area contributed by atoms with Crippen LogP contribution in [-0.2, 0) is 6.42 Å². The van der Waals surface area contributed by atoms with Gasteiger partial charge in [0.1, 0.15) is 0 Å². The van der Waals surface area contributed by atoms with Crippen LogP contribution >= 0.6 is 28.1 Å². The first kappa shape index (κ1) is 11.1. The number of halogens is 1. The maximum atomic E-state index is 10.7. The summed E-state index contributed by atoms with van der Waals surface area (Å²) in [5.41, 5.74) is 5.90. The number of thiocarbonyl (C=S) groups is 1. The normalized spacial score (nSPS) is 9.79. The Bertz CT molecular complexity index is 395. The van der Waals surface area contributed by atoms with Gasteiger partial charge in [-0.2, -0.15) is 0 Å². The van der Waals surface area contributed by atoms with Gasteiger partial charge in [0.05, 0.1) is 9.91 Å². The second kappa shape index (κ2) is 4.47. The minimum atomic E-state index is -0.446. The zero-order chi connectivity index (χ0) is 10.7. The highest BCUT2D eigenvalue weighted by atomic mass is 79.9. The van der Waals surface area contributed by atoms with Gasteiger partial charge in [-0.15, -0.1) is 0 Å². The van der Waals surface area contributed by atoms with Crippen LogP contribution in [0.3, 0.4) is 0 Å². The van der Waals surface area contributed by atoms with Crippen molar-refractivity contribution in [2.24, 2.45) is 5.73 Å². The van der Waals surface area contributed by atoms with Gasteiger partial charge in [-0.05, 0) is 6.07 Å². The number of benzene rings is 1. The molecule has 0 aliphatic rings. The molecule has 0 radical (unpaired) electrons. The number of nitro benzene ring substituents is 1. The lowest BCUT2D eigenvalue weighted by molar-refractivity contribution is -0.385. The van der Waals surface area contributed by atoms with Crippen molar-refractivity contribution < 1.29 is 4.92 Å². The van der Waals surface area contributed by atoms with Crippen LogP contribution in [0.4, 0.5) is 5.69 Å². The molecule has 74 valence electrons. The van der Waals surface area contributed by atoms with E-state index >= 15 is 0 Å². The smallest absolute Gasteiger partial charge is 0.274 e. The van der Waals surface area contributed by atoms with E-state index in [4.69, 9.17) is 18.0 Å². The molecule has 1 aromatic rings. The molecule has 6 heteroatoms. The van der Waals surface area contributed by atoms with Gasteiger partial charge in [0.25, 0.3) is 5.69 Å². The average Bonchev–Trinajstić information content (AvgIpc) is 2.07. The van der Waals surface area contributed by atoms with Gasteiger partial charge in [-0.3, -0.25) is 10.1 Å². The number of hydrogen-bond acceptors (Lipinski definition) is 3. The third kappa shape index (κ3) is 2.74. The Labute approximate surface area is 94.4 Å². The van der Waals surface area contributed by atoms with E-state index in [-0.39, 0.29) is 17.1 Å². The van der Waals surface area contributed by atoms with Crippen molar-refractivity contribution in [2.45, 2.75) is 6.42 Å². The molecular weight excluding hydrogens is 268 g/mol. The largest absolute Gasteiger partial charge is 0.393 e. The molecule has 0 heterocycles. The Kier molecular flexibility index (Phi) is 3.54. The first-order valence-corrected chi connectivity index (χ1v) is 4.92. The highest BCUT2D eigenvalue weighted by Crippen LogP contribution is 2.23. The van der Waals surface area contributed by atoms with E-state index in [1.165, 1.54) is 6.07 Å². The zero-order valence-electron chi connectivity index (χ0n) is 7.07. The molecule has 0 atom stereocenters. The number of rotatable bonds is 3. The van der Waals surface area contributed by atoms with Crippen LogP contribution in [0, 0.1) is 10.1 Å². The summed E-state index contributed by atoms with van der Waals surface area (Å²) in [5.74, 6) is 0. The highest BCUT2D eigenvalue weighted by Gasteiger charge is 2.14. The Morgan fingerprint density at radius 1 is 1.64 bits per heavy atom. The van der Waals surface area contributed by atoms with Crippen molar-refractivity contribution in [1.29, 1.82) is 0 Å². The fraction of sp³-hybridized carbons (Fsp3) is 0.125. The molecule has 0 amide bonds. The quantitative estimate of drug-likeness (QED) is 0.521. The van der Waals surface area contributed by atoms with Crippen LogP contribution in [0.2, 0.25) is 0 Å². The van der Waals surface area contributed by atoms with Crippen LogP contribution in [0.1, 0.15) is 5.56 Å². The van der Waals surface area contributed by atoms with Crippen molar-refractivity contribution in [3.63, 3.8) is 0 Å². The van der Waals surface area contributed by atoms with E-state index in [2.05, 4.69) is 15.9 Å². The van der Waals surface area contributed by atoms with E-state index in [0.717, 1.165) is 0 Å². The SMILES string of the molecule is NC(=S)Cc1ccc(Br)cc1[N+](=O)[O-]. The molecule has 2 N–H and O–H groups in total. The van der Waals surface area contributed by atoms with E-state index in [0.29, 0.717) is 10.0 Å². The zero-order valence-corrected chi connectivity index (χ0v) is 9.47. The van der Waals surface area contributed by atoms with E-state index < -0.39 is 4.92 Å². The third-order valence-corrected chi connectivity index (χ3v) is 2.25. The average molecular weight is 275 g/mol. The molecule has 0 saturated carbocycles. The molecule has 0 aromatic heterocycles. The van der Waals surface area contributed by atoms with Crippen molar-refractivity contribution in [1.82, 2.24) is 0 Å². The van der Waals surface area contributed by atoms with Crippen LogP contribution < -0.4 is 5.73 Å². The van der Waals surface area contributed by atoms with Crippen molar-refractivity contribution >= 4 is 38.8 Å². The molecule has 14 heavy (non-hydrogen) atoms. The summed E-state index contributed by atoms with van der Waals surface area (Å²) >= 11 is 7.86. The molecule has 0 saturated heterocycles. The highest BCUT2D eigenvalue weighted by molar-refractivity contribution is 9.10. The van der Waals surface area contributed by atoms with Crippen LogP contribution in [0.25, 0.3) is 0 Å². The standard InChI is InChI=1S/C8H7BrN2O2S/c9-6-2-1-5(3-8(10)14)7(4-6)11(12)13/h1-2,4H,3H2,(H2,10,14). The minimum absolute atomic E-state index is 0.0344. The van der Waals surface area contributed by atoms with Crippen LogP contribution in [-0.4, -0.2) is 9.91 Å². The fourth-order valence-corrected chi connectivity index (χ4v) is 1.55. The number of nitro groups is 1. The Morgan fingerprint density at radius 2 is 2.29 bits per heavy atom. The van der Waals surface area contributed by atoms with E-state index in [1.807, 2.05) is 0 Å². The van der Waals surface area contributed by atoms with Gasteiger partial charge in [0.2, 0.25) is 0 Å². The predicted octanol–water partition coefficient (Wildman–Crippen LogP) is 2.19. The Morgan fingerprint density at radius 3 is 2.79 bits per heavy atom. The summed E-state index contributed by atoms with van der Waals surface area (Å²) in [4.78, 5) is 10.5. The molecule has 0 aliphatic carbocycles. The Hall–Kier alpha value is -1.01. The van der Waals surface area contributed by atoms with Gasteiger partial charge in [-0.1, -0.05) is 34.2 Å². The maximum absolute atomic E-state index is 10.7. The topological polar surface area (TPSA) is 69.2 Å². The fourth-order valence-electron chi connectivity index (χ4n) is 1.04. The van der Waals surface area contributed by atoms with E-state index in [1.54, 1.807) is 12.1 Å². The second-order valence-electron chi connectivity index (χ2n) is 2.67. The molecular formula is C8H7BrN2O2S. The van der Waals surface area contributed by atoms with Gasteiger partial charge >= 0.3 is 0 Å². The van der Waals surface area contributed by atoms with Crippen LogP contribution in [0.15, 0.2) is 22.7 Å². The molecule has 0 bridgehead atoms. The molecule has 0 aliphatic heterocycles. The molecule has 1 rings (SSSR count). The van der Waals surface area contributed by atoms with E-state index in [9.17, 15) is 10.1 Å². The molecule has 0 spiro atoms. The van der Waals surface area contributed by atoms with Crippen molar-refractivity contribution in [3.05, 3.63) is 38.3 Å². The number of nitrogens with zero attached hydrogens (tertiary/aromatic N) is 1. The summed E-state index contributed by atoms with van der Waals surface area (Å²) < 4.78 is 0.663. The van der Waals surface area contributed by atoms with Gasteiger partial charge < -0.3 is 5.73 Å². The maximum Gasteiger partial charge on any atom is 0.274 e. The summed E-state index contributed by atoms with van der Waals surface area (Å²) in [5, 5.41) is 10.7. The first-order valence-electron chi connectivity index (χ1n) is 3.72. The summed E-state index contributed by atoms with van der Waals surface area (Å²) in [6.45, 7) is 0. The third-order valence-electron chi connectivity index (χ3n) is 1.61. The van der Waals surface area contributed by atoms with Crippen LogP contribution in [0.5, 0.6) is 0 Å². The first-order chi connectivity index (χ1) is 6.50. The van der Waals surface area contributed by atoms with Crippen molar-refractivity contribution in [3.8, 4) is 0 Å². The van der Waals surface area contributed by atoms with Gasteiger partial charge in [0.15, 0.2) is 0 Å². The lowest BCUT2D eigenvalue weighted by Crippen LogP contribution is -2.12. The van der Waals surface area contributed by atoms with Gasteiger partial charge in [0, 0.05) is 22.5 Å². The predicted molar refractivity (Wildman–Crippen MR) is 61.3 cm³/mol. The summed E-state index contributed by atoms with van der Waals surface area (Å²) in [7, 11) is 0. The summed E-state index contributed by atoms with van der Waals surface area (Å²) in [6, 6.07) is 4.80. The monoisotopic (exact) mass is 274 g/mol. The van der Waals surface area contributed by atoms with Gasteiger partial charge in [-0.25, -0.2) is 0 Å². The molecule has 0 unspecified atom stereocenters. The molecule has 4 nitrogen and oxygen atoms in total. The lowest BCUT2D eigenvalue weighted by Gasteiger charge is -2.01. The van der Waals surface area contributed by atoms with Crippen molar-refractivity contribution in [2.75, 3.05) is 0 Å². The number of nitrogens with two attached hydrogens (primary N) is 1. The second-order valence-corrected chi connectivity index (χ2v) is 4.11. The lowest BCUT2D eigenvalue weighted by atomic mass is 10.1. The number of hydrogen-bond donors (Lipinski definition) is 1. The summed E-state index contributed by atoms with van der Waals surface area (Å²) in [6.07, 6.45) is 0.249. The Balaban J connectivity index is 3.14. The molecule has 0 fully saturated rings. The molecule has 1 aromatic carbocycles. The minimum Gasteiger partial charge on any atom is -0.393 e.